The number of anilines is 1. The molecule has 0 saturated heterocycles. The lowest BCUT2D eigenvalue weighted by Gasteiger charge is -2.37. The summed E-state index contributed by atoms with van der Waals surface area (Å²) in [5.41, 5.74) is 2.00. The fourth-order valence-electron chi connectivity index (χ4n) is 3.05. The lowest BCUT2D eigenvalue weighted by molar-refractivity contribution is -0.119. The summed E-state index contributed by atoms with van der Waals surface area (Å²) in [6, 6.07) is 19.8. The van der Waals surface area contributed by atoms with Crippen LogP contribution >= 0.6 is 11.8 Å². The van der Waals surface area contributed by atoms with Gasteiger partial charge in [0.1, 0.15) is 18.9 Å². The normalized spacial score (nSPS) is 16.0. The summed E-state index contributed by atoms with van der Waals surface area (Å²) in [4.78, 5) is 20.0. The number of fused-ring (bicyclic) bond motifs is 1. The lowest BCUT2D eigenvalue weighted by Crippen LogP contribution is -2.40. The molecule has 6 nitrogen and oxygen atoms in total. The monoisotopic (exact) mass is 361 g/mol. The largest absolute Gasteiger partial charge is 0.301 e. The molecule has 7 heteroatoms. The van der Waals surface area contributed by atoms with Gasteiger partial charge in [0.05, 0.1) is 11.7 Å². The van der Waals surface area contributed by atoms with E-state index < -0.39 is 0 Å². The molecule has 3 aromatic rings. The Morgan fingerprint density at radius 1 is 1.19 bits per heavy atom. The number of thioether (sulfide) groups is 1. The number of hydrogen-bond donors (Lipinski definition) is 0. The van der Waals surface area contributed by atoms with Gasteiger partial charge in [-0.3, -0.25) is 4.79 Å². The standard InChI is InChI=1S/C19H15N5OS/c20-10-18-21-13-23(22-18)11-19(25)24-15-8-4-5-9-17(15)26-12-16(24)14-6-2-1-3-7-14/h1-9,13,16H,11-12H2/t16-/m0/s1. The Bertz CT molecular complexity index is 979. The van der Waals surface area contributed by atoms with Crippen LogP contribution in [-0.4, -0.2) is 26.4 Å². The Morgan fingerprint density at radius 3 is 2.73 bits per heavy atom. The molecule has 0 spiro atoms. The molecule has 0 fully saturated rings. The van der Waals surface area contributed by atoms with Crippen LogP contribution in [0.3, 0.4) is 0 Å². The van der Waals surface area contributed by atoms with E-state index in [1.54, 1.807) is 11.8 Å². The van der Waals surface area contributed by atoms with E-state index in [4.69, 9.17) is 5.26 Å². The van der Waals surface area contributed by atoms with Gasteiger partial charge in [0, 0.05) is 10.6 Å². The number of hydrogen-bond acceptors (Lipinski definition) is 5. The highest BCUT2D eigenvalue weighted by Crippen LogP contribution is 2.43. The first-order valence-corrected chi connectivity index (χ1v) is 9.13. The molecule has 1 aliphatic heterocycles. The summed E-state index contributed by atoms with van der Waals surface area (Å²) in [5.74, 6) is 0.765. The van der Waals surface area contributed by atoms with Gasteiger partial charge in [-0.1, -0.05) is 42.5 Å². The summed E-state index contributed by atoms with van der Waals surface area (Å²) in [6.07, 6.45) is 1.42. The van der Waals surface area contributed by atoms with E-state index in [9.17, 15) is 4.79 Å². The number of para-hydroxylation sites is 1. The van der Waals surface area contributed by atoms with Crippen LogP contribution in [0.5, 0.6) is 0 Å². The quantitative estimate of drug-likeness (QED) is 0.717. The Hall–Kier alpha value is -3.11. The molecule has 0 bridgehead atoms. The Labute approximate surface area is 155 Å². The van der Waals surface area contributed by atoms with Crippen molar-refractivity contribution in [1.82, 2.24) is 14.8 Å². The smallest absolute Gasteiger partial charge is 0.252 e. The maximum atomic E-state index is 13.2. The van der Waals surface area contributed by atoms with Gasteiger partial charge in [-0.05, 0) is 17.7 Å². The summed E-state index contributed by atoms with van der Waals surface area (Å²) < 4.78 is 1.41. The number of aromatic nitrogens is 3. The molecular weight excluding hydrogens is 346 g/mol. The topological polar surface area (TPSA) is 74.8 Å². The maximum absolute atomic E-state index is 13.2. The van der Waals surface area contributed by atoms with Gasteiger partial charge in [-0.15, -0.1) is 16.9 Å². The third-order valence-electron chi connectivity index (χ3n) is 4.22. The van der Waals surface area contributed by atoms with Crippen LogP contribution < -0.4 is 4.90 Å². The minimum atomic E-state index is -0.0824. The van der Waals surface area contributed by atoms with Crippen molar-refractivity contribution >= 4 is 23.4 Å². The van der Waals surface area contributed by atoms with Gasteiger partial charge in [-0.25, -0.2) is 9.67 Å². The number of amides is 1. The van der Waals surface area contributed by atoms with Crippen LogP contribution in [0, 0.1) is 11.3 Å². The maximum Gasteiger partial charge on any atom is 0.252 e. The molecule has 0 radical (unpaired) electrons. The van der Waals surface area contributed by atoms with Crippen LogP contribution in [0.1, 0.15) is 17.4 Å². The van der Waals surface area contributed by atoms with E-state index in [0.29, 0.717) is 0 Å². The van der Waals surface area contributed by atoms with Gasteiger partial charge in [0.2, 0.25) is 5.91 Å². The van der Waals surface area contributed by atoms with Gasteiger partial charge < -0.3 is 4.90 Å². The zero-order valence-corrected chi connectivity index (χ0v) is 14.6. The Balaban J connectivity index is 1.70. The first-order chi connectivity index (χ1) is 12.8. The molecule has 2 heterocycles. The fourth-order valence-corrected chi connectivity index (χ4v) is 4.22. The number of carbonyl (C=O) groups is 1. The molecule has 1 atom stereocenters. The fraction of sp³-hybridized carbons (Fsp3) is 0.158. The first-order valence-electron chi connectivity index (χ1n) is 8.14. The van der Waals surface area contributed by atoms with Crippen LogP contribution in [0.15, 0.2) is 65.8 Å². The SMILES string of the molecule is N#Cc1ncn(CC(=O)N2c3ccccc3SC[C@H]2c2ccccc2)n1. The molecule has 1 aromatic heterocycles. The number of nitriles is 1. The van der Waals surface area contributed by atoms with Crippen molar-refractivity contribution in [3.05, 3.63) is 72.3 Å². The molecule has 0 saturated carbocycles. The third-order valence-corrected chi connectivity index (χ3v) is 5.36. The molecule has 1 aliphatic rings. The highest BCUT2D eigenvalue weighted by Gasteiger charge is 2.32. The minimum Gasteiger partial charge on any atom is -0.301 e. The van der Waals surface area contributed by atoms with E-state index in [1.165, 1.54) is 11.0 Å². The van der Waals surface area contributed by atoms with Gasteiger partial charge in [-0.2, -0.15) is 5.26 Å². The van der Waals surface area contributed by atoms with Crippen molar-refractivity contribution in [2.75, 3.05) is 10.7 Å². The second-order valence-corrected chi connectivity index (χ2v) is 6.91. The van der Waals surface area contributed by atoms with Crippen molar-refractivity contribution < 1.29 is 4.79 Å². The van der Waals surface area contributed by atoms with Gasteiger partial charge in [0.25, 0.3) is 5.82 Å². The molecule has 26 heavy (non-hydrogen) atoms. The van der Waals surface area contributed by atoms with E-state index >= 15 is 0 Å². The van der Waals surface area contributed by atoms with E-state index in [-0.39, 0.29) is 24.3 Å². The first kappa shape index (κ1) is 16.4. The molecule has 128 valence electrons. The summed E-state index contributed by atoms with van der Waals surface area (Å²) >= 11 is 1.76. The highest BCUT2D eigenvalue weighted by molar-refractivity contribution is 7.99. The van der Waals surface area contributed by atoms with Crippen molar-refractivity contribution in [2.24, 2.45) is 0 Å². The second-order valence-electron chi connectivity index (χ2n) is 5.85. The molecule has 0 N–H and O–H groups in total. The van der Waals surface area contributed by atoms with Gasteiger partial charge >= 0.3 is 0 Å². The molecule has 1 amide bonds. The number of carbonyl (C=O) groups excluding carboxylic acids is 1. The predicted octanol–water partition coefficient (Wildman–Crippen LogP) is 3.03. The van der Waals surface area contributed by atoms with E-state index in [2.05, 4.69) is 10.1 Å². The number of nitrogens with zero attached hydrogens (tertiary/aromatic N) is 5. The van der Waals surface area contributed by atoms with Crippen LogP contribution in [-0.2, 0) is 11.3 Å². The average Bonchev–Trinajstić information content (AvgIpc) is 3.15. The highest BCUT2D eigenvalue weighted by atomic mass is 32.2. The molecule has 4 rings (SSSR count). The second kappa shape index (κ2) is 7.02. The lowest BCUT2D eigenvalue weighted by atomic mass is 10.1. The zero-order chi connectivity index (χ0) is 17.9. The van der Waals surface area contributed by atoms with Crippen molar-refractivity contribution in [1.29, 1.82) is 5.26 Å². The van der Waals surface area contributed by atoms with Crippen LogP contribution in [0.4, 0.5) is 5.69 Å². The Morgan fingerprint density at radius 2 is 1.96 bits per heavy atom. The van der Waals surface area contributed by atoms with E-state index in [1.807, 2.05) is 65.6 Å². The molecule has 0 unspecified atom stereocenters. The number of benzene rings is 2. The van der Waals surface area contributed by atoms with E-state index in [0.717, 1.165) is 21.9 Å². The Kier molecular flexibility index (Phi) is 4.42. The zero-order valence-electron chi connectivity index (χ0n) is 13.8. The summed E-state index contributed by atoms with van der Waals surface area (Å²) in [7, 11) is 0. The van der Waals surface area contributed by atoms with Gasteiger partial charge in [0.15, 0.2) is 0 Å². The molecule has 0 aliphatic carbocycles. The number of rotatable bonds is 3. The van der Waals surface area contributed by atoms with Crippen molar-refractivity contribution in [3.63, 3.8) is 0 Å². The average molecular weight is 361 g/mol. The van der Waals surface area contributed by atoms with Crippen molar-refractivity contribution in [3.8, 4) is 6.07 Å². The minimum absolute atomic E-state index is 0.0387. The van der Waals surface area contributed by atoms with Crippen LogP contribution in [0.2, 0.25) is 0 Å². The van der Waals surface area contributed by atoms with Crippen LogP contribution in [0.25, 0.3) is 0 Å². The summed E-state index contributed by atoms with van der Waals surface area (Å²) in [5, 5.41) is 12.9. The van der Waals surface area contributed by atoms with Crippen molar-refractivity contribution in [2.45, 2.75) is 17.5 Å². The molecular formula is C19H15N5OS. The third kappa shape index (κ3) is 3.07. The summed E-state index contributed by atoms with van der Waals surface area (Å²) in [6.45, 7) is 0.0387. The molecule has 2 aromatic carbocycles. The predicted molar refractivity (Wildman–Crippen MR) is 98.6 cm³/mol.